The third kappa shape index (κ3) is 4.86. The van der Waals surface area contributed by atoms with Crippen molar-refractivity contribution in [3.8, 4) is 0 Å². The predicted octanol–water partition coefficient (Wildman–Crippen LogP) is 3.95. The Balaban J connectivity index is 1.52. The van der Waals surface area contributed by atoms with Crippen LogP contribution in [0.1, 0.15) is 26.6 Å². The van der Waals surface area contributed by atoms with Crippen LogP contribution in [0.25, 0.3) is 10.2 Å². The van der Waals surface area contributed by atoms with Gasteiger partial charge in [-0.2, -0.15) is 13.2 Å². The van der Waals surface area contributed by atoms with Gasteiger partial charge < -0.3 is 15.1 Å². The molecule has 1 aromatic carbocycles. The number of nitrogens with one attached hydrogen (secondary N) is 2. The van der Waals surface area contributed by atoms with Crippen molar-refractivity contribution >= 4 is 39.1 Å². The number of alkyl halides is 3. The average molecular weight is 490 g/mol. The number of amides is 2. The Morgan fingerprint density at radius 3 is 2.71 bits per heavy atom. The number of thiophene rings is 1. The Morgan fingerprint density at radius 2 is 2.00 bits per heavy atom. The molecule has 2 amide bonds. The Morgan fingerprint density at radius 1 is 1.21 bits per heavy atom. The largest absolute Gasteiger partial charge is 0.467 e. The van der Waals surface area contributed by atoms with Crippen LogP contribution >= 0.6 is 11.3 Å². The lowest BCUT2D eigenvalue weighted by molar-refractivity contribution is -0.137. The summed E-state index contributed by atoms with van der Waals surface area (Å²) in [5.74, 6) is -0.531. The number of hydrogen-bond donors (Lipinski definition) is 2. The van der Waals surface area contributed by atoms with Crippen LogP contribution in [0.4, 0.5) is 18.9 Å². The minimum atomic E-state index is -4.55. The maximum atomic E-state index is 13.0. The highest BCUT2D eigenvalue weighted by Gasteiger charge is 2.30. The van der Waals surface area contributed by atoms with E-state index in [1.807, 2.05) is 0 Å². The quantitative estimate of drug-likeness (QED) is 0.426. The number of nitrogens with zero attached hydrogens (tertiary/aromatic N) is 2. The van der Waals surface area contributed by atoms with Crippen LogP contribution in [0, 0.1) is 6.92 Å². The molecule has 2 N–H and O–H groups in total. The fourth-order valence-corrected chi connectivity index (χ4v) is 4.33. The second kappa shape index (κ2) is 9.14. The van der Waals surface area contributed by atoms with E-state index < -0.39 is 35.7 Å². The molecular formula is C22H17F3N4O4S. The molecule has 0 spiro atoms. The number of anilines is 1. The van der Waals surface area contributed by atoms with Crippen molar-refractivity contribution in [1.29, 1.82) is 0 Å². The second-order valence-corrected chi connectivity index (χ2v) is 8.30. The molecule has 0 aliphatic rings. The number of rotatable bonds is 6. The molecule has 4 rings (SSSR count). The number of benzene rings is 1. The van der Waals surface area contributed by atoms with Crippen molar-refractivity contribution in [2.24, 2.45) is 0 Å². The molecule has 0 saturated heterocycles. The summed E-state index contributed by atoms with van der Waals surface area (Å²) in [6, 6.07) is 7.59. The molecule has 12 heteroatoms. The monoisotopic (exact) mass is 490 g/mol. The summed E-state index contributed by atoms with van der Waals surface area (Å²) in [5, 5.41) is 5.25. The van der Waals surface area contributed by atoms with Crippen molar-refractivity contribution in [2.75, 3.05) is 5.32 Å². The van der Waals surface area contributed by atoms with E-state index in [0.29, 0.717) is 21.0 Å². The van der Waals surface area contributed by atoms with Gasteiger partial charge in [0.15, 0.2) is 0 Å². The van der Waals surface area contributed by atoms with E-state index in [-0.39, 0.29) is 17.6 Å². The Bertz CT molecular complexity index is 1420. The van der Waals surface area contributed by atoms with Gasteiger partial charge >= 0.3 is 6.18 Å². The Hall–Kier alpha value is -3.93. The van der Waals surface area contributed by atoms with Crippen LogP contribution in [0.5, 0.6) is 0 Å². The molecule has 3 heterocycles. The molecule has 0 aliphatic heterocycles. The molecule has 0 aliphatic carbocycles. The van der Waals surface area contributed by atoms with Crippen molar-refractivity contribution in [1.82, 2.24) is 14.9 Å². The zero-order valence-corrected chi connectivity index (χ0v) is 18.4. The van der Waals surface area contributed by atoms with Crippen LogP contribution in [-0.4, -0.2) is 21.4 Å². The molecule has 0 unspecified atom stereocenters. The number of fused-ring (bicyclic) bond motifs is 1. The first kappa shape index (κ1) is 23.2. The maximum absolute atomic E-state index is 13.0. The molecule has 4 aromatic rings. The minimum absolute atomic E-state index is 0.0517. The van der Waals surface area contributed by atoms with Crippen molar-refractivity contribution in [3.05, 3.63) is 81.1 Å². The van der Waals surface area contributed by atoms with Crippen molar-refractivity contribution in [3.63, 3.8) is 0 Å². The van der Waals surface area contributed by atoms with E-state index in [4.69, 9.17) is 4.42 Å². The number of carbonyl (C=O) groups is 2. The number of aromatic nitrogens is 2. The van der Waals surface area contributed by atoms with E-state index in [9.17, 15) is 27.6 Å². The van der Waals surface area contributed by atoms with Gasteiger partial charge in [0.05, 0.1) is 35.0 Å². The molecule has 176 valence electrons. The van der Waals surface area contributed by atoms with E-state index in [2.05, 4.69) is 15.6 Å². The summed E-state index contributed by atoms with van der Waals surface area (Å²) in [4.78, 5) is 42.7. The normalized spacial score (nSPS) is 11.5. The SMILES string of the molecule is Cc1c(C(=O)NCc2ccco2)sc2ncn(CC(=O)Nc3cccc(C(F)(F)F)c3)c(=O)c12. The lowest BCUT2D eigenvalue weighted by atomic mass is 10.2. The molecule has 0 atom stereocenters. The lowest BCUT2D eigenvalue weighted by Crippen LogP contribution is -2.28. The van der Waals surface area contributed by atoms with Gasteiger partial charge in [-0.1, -0.05) is 6.07 Å². The smallest absolute Gasteiger partial charge is 0.416 e. The predicted molar refractivity (Wildman–Crippen MR) is 119 cm³/mol. The zero-order valence-electron chi connectivity index (χ0n) is 17.6. The first-order valence-electron chi connectivity index (χ1n) is 9.89. The fourth-order valence-electron chi connectivity index (χ4n) is 3.28. The van der Waals surface area contributed by atoms with Gasteiger partial charge in [-0.3, -0.25) is 19.0 Å². The van der Waals surface area contributed by atoms with Gasteiger partial charge in [-0.25, -0.2) is 4.98 Å². The maximum Gasteiger partial charge on any atom is 0.416 e. The molecular weight excluding hydrogens is 473 g/mol. The summed E-state index contributed by atoms with van der Waals surface area (Å²) in [6.07, 6.45) is -1.90. The number of furan rings is 1. The Kier molecular flexibility index (Phi) is 6.24. The van der Waals surface area contributed by atoms with Gasteiger partial charge in [0.25, 0.3) is 11.5 Å². The highest BCUT2D eigenvalue weighted by molar-refractivity contribution is 7.20. The lowest BCUT2D eigenvalue weighted by Gasteiger charge is -2.10. The third-order valence-corrected chi connectivity index (χ3v) is 6.11. The van der Waals surface area contributed by atoms with E-state index in [1.54, 1.807) is 19.1 Å². The van der Waals surface area contributed by atoms with Crippen molar-refractivity contribution in [2.45, 2.75) is 26.2 Å². The molecule has 0 radical (unpaired) electrons. The summed E-state index contributed by atoms with van der Waals surface area (Å²) in [6.45, 7) is 1.32. The highest BCUT2D eigenvalue weighted by atomic mass is 32.1. The molecule has 0 bridgehead atoms. The molecule has 0 saturated carbocycles. The Labute approximate surface area is 194 Å². The zero-order chi connectivity index (χ0) is 24.5. The summed E-state index contributed by atoms with van der Waals surface area (Å²) >= 11 is 1.04. The second-order valence-electron chi connectivity index (χ2n) is 7.30. The number of aryl methyl sites for hydroxylation is 1. The van der Waals surface area contributed by atoms with Gasteiger partial charge in [-0.05, 0) is 42.8 Å². The highest BCUT2D eigenvalue weighted by Crippen LogP contribution is 2.30. The van der Waals surface area contributed by atoms with Crippen LogP contribution in [0.3, 0.4) is 0 Å². The molecule has 3 aromatic heterocycles. The first-order chi connectivity index (χ1) is 16.1. The molecule has 0 fully saturated rings. The molecule has 8 nitrogen and oxygen atoms in total. The van der Waals surface area contributed by atoms with E-state index >= 15 is 0 Å². The van der Waals surface area contributed by atoms with Crippen LogP contribution < -0.4 is 16.2 Å². The standard InChI is InChI=1S/C22H17F3N4O4S/c1-12-17-20(34-18(12)19(31)26-9-15-6-3-7-33-15)27-11-29(21(17)32)10-16(30)28-14-5-2-4-13(8-14)22(23,24)25/h2-8,11H,9-10H2,1H3,(H,26,31)(H,28,30). The molecule has 34 heavy (non-hydrogen) atoms. The number of hydrogen-bond acceptors (Lipinski definition) is 6. The number of halogens is 3. The van der Waals surface area contributed by atoms with Gasteiger partial charge in [0.1, 0.15) is 17.1 Å². The van der Waals surface area contributed by atoms with Crippen LogP contribution in [0.15, 0.2) is 58.2 Å². The van der Waals surface area contributed by atoms with Gasteiger partial charge in [0, 0.05) is 5.69 Å². The van der Waals surface area contributed by atoms with E-state index in [0.717, 1.165) is 34.4 Å². The summed E-state index contributed by atoms with van der Waals surface area (Å²) in [7, 11) is 0. The van der Waals surface area contributed by atoms with E-state index in [1.165, 1.54) is 18.4 Å². The third-order valence-electron chi connectivity index (χ3n) is 4.91. The van der Waals surface area contributed by atoms with Crippen LogP contribution in [0.2, 0.25) is 0 Å². The summed E-state index contributed by atoms with van der Waals surface area (Å²) < 4.78 is 44.8. The topological polar surface area (TPSA) is 106 Å². The minimum Gasteiger partial charge on any atom is -0.467 e. The average Bonchev–Trinajstić information content (AvgIpc) is 3.42. The first-order valence-corrected chi connectivity index (χ1v) is 10.7. The summed E-state index contributed by atoms with van der Waals surface area (Å²) in [5.41, 5.74) is -1.08. The fraction of sp³-hybridized carbons (Fsp3) is 0.182. The van der Waals surface area contributed by atoms with Gasteiger partial charge in [0.2, 0.25) is 5.91 Å². The van der Waals surface area contributed by atoms with Crippen molar-refractivity contribution < 1.29 is 27.2 Å². The van der Waals surface area contributed by atoms with Gasteiger partial charge in [-0.15, -0.1) is 11.3 Å². The van der Waals surface area contributed by atoms with Crippen LogP contribution in [-0.2, 0) is 24.1 Å². The number of carbonyl (C=O) groups excluding carboxylic acids is 2.